The van der Waals surface area contributed by atoms with Crippen molar-refractivity contribution in [2.45, 2.75) is 32.7 Å². The zero-order chi connectivity index (χ0) is 8.77. The number of nitrogens with one attached hydrogen (secondary N) is 1. The lowest BCUT2D eigenvalue weighted by Crippen LogP contribution is -2.29. The minimum Gasteiger partial charge on any atom is -0.324 e. The molecule has 0 amide bonds. The molecule has 0 saturated heterocycles. The number of nitrogens with two attached hydrogens (primary N) is 1. The van der Waals surface area contributed by atoms with Gasteiger partial charge in [-0.3, -0.25) is 5.10 Å². The van der Waals surface area contributed by atoms with Gasteiger partial charge < -0.3 is 5.73 Å². The first-order chi connectivity index (χ1) is 5.58. The fourth-order valence-electron chi connectivity index (χ4n) is 2.04. The molecule has 1 aromatic heterocycles. The lowest BCUT2D eigenvalue weighted by Gasteiger charge is -2.32. The van der Waals surface area contributed by atoms with Crippen molar-refractivity contribution in [3.8, 4) is 0 Å². The Labute approximate surface area is 72.4 Å². The normalized spacial score (nSPS) is 26.8. The maximum Gasteiger partial charge on any atom is 0.0537 e. The number of fused-ring (bicyclic) bond motifs is 1. The predicted octanol–water partition coefficient (Wildman–Crippen LogP) is 1.38. The molecule has 66 valence electrons. The second kappa shape index (κ2) is 2.33. The van der Waals surface area contributed by atoms with E-state index in [1.807, 2.05) is 6.20 Å². The van der Waals surface area contributed by atoms with Crippen LogP contribution in [0.2, 0.25) is 0 Å². The van der Waals surface area contributed by atoms with E-state index in [9.17, 15) is 0 Å². The number of aromatic nitrogens is 2. The van der Waals surface area contributed by atoms with Gasteiger partial charge in [0.25, 0.3) is 0 Å². The fourth-order valence-corrected chi connectivity index (χ4v) is 2.04. The largest absolute Gasteiger partial charge is 0.324 e. The first kappa shape index (κ1) is 7.80. The number of H-pyrrole nitrogens is 1. The molecule has 0 bridgehead atoms. The maximum atomic E-state index is 6.01. The van der Waals surface area contributed by atoms with E-state index in [1.165, 1.54) is 11.3 Å². The number of nitrogens with zero attached hydrogens (tertiary/aromatic N) is 1. The molecule has 1 aromatic rings. The van der Waals surface area contributed by atoms with Crippen LogP contribution in [0.15, 0.2) is 6.20 Å². The molecule has 3 nitrogen and oxygen atoms in total. The van der Waals surface area contributed by atoms with Crippen LogP contribution in [0.3, 0.4) is 0 Å². The minimum absolute atomic E-state index is 0.169. The van der Waals surface area contributed by atoms with Crippen LogP contribution in [-0.4, -0.2) is 10.2 Å². The highest BCUT2D eigenvalue weighted by Gasteiger charge is 2.31. The zero-order valence-corrected chi connectivity index (χ0v) is 7.59. The van der Waals surface area contributed by atoms with E-state index in [0.29, 0.717) is 5.41 Å². The monoisotopic (exact) mass is 165 g/mol. The Morgan fingerprint density at radius 2 is 2.42 bits per heavy atom. The van der Waals surface area contributed by atoms with Crippen molar-refractivity contribution < 1.29 is 0 Å². The Balaban J connectivity index is 2.38. The molecule has 1 unspecified atom stereocenters. The number of rotatable bonds is 0. The lowest BCUT2D eigenvalue weighted by molar-refractivity contribution is 0.280. The van der Waals surface area contributed by atoms with Crippen molar-refractivity contribution in [2.75, 3.05) is 0 Å². The van der Waals surface area contributed by atoms with Crippen LogP contribution in [0.1, 0.15) is 37.6 Å². The average molecular weight is 165 g/mol. The van der Waals surface area contributed by atoms with E-state index in [1.54, 1.807) is 0 Å². The van der Waals surface area contributed by atoms with Gasteiger partial charge in [-0.2, -0.15) is 5.10 Å². The summed E-state index contributed by atoms with van der Waals surface area (Å²) in [6.45, 7) is 4.49. The maximum absolute atomic E-state index is 6.01. The van der Waals surface area contributed by atoms with Gasteiger partial charge in [-0.1, -0.05) is 13.8 Å². The van der Waals surface area contributed by atoms with Crippen molar-refractivity contribution in [2.24, 2.45) is 11.1 Å². The first-order valence-corrected chi connectivity index (χ1v) is 4.36. The molecule has 1 atom stereocenters. The van der Waals surface area contributed by atoms with Crippen LogP contribution < -0.4 is 5.73 Å². The van der Waals surface area contributed by atoms with Gasteiger partial charge in [0.1, 0.15) is 0 Å². The van der Waals surface area contributed by atoms with Crippen LogP contribution in [-0.2, 0) is 6.42 Å². The summed E-state index contributed by atoms with van der Waals surface area (Å²) in [6, 6.07) is 0.169. The van der Waals surface area contributed by atoms with Gasteiger partial charge in [0.2, 0.25) is 0 Å². The highest BCUT2D eigenvalue weighted by Crippen LogP contribution is 2.38. The molecule has 1 aliphatic carbocycles. The second-order valence-corrected chi connectivity index (χ2v) is 4.46. The molecule has 1 aliphatic rings. The van der Waals surface area contributed by atoms with Crippen LogP contribution in [0.4, 0.5) is 0 Å². The smallest absolute Gasteiger partial charge is 0.0537 e. The van der Waals surface area contributed by atoms with E-state index in [-0.39, 0.29) is 6.04 Å². The van der Waals surface area contributed by atoms with Crippen molar-refractivity contribution in [1.82, 2.24) is 10.2 Å². The summed E-state index contributed by atoms with van der Waals surface area (Å²) in [5, 5.41) is 7.03. The predicted molar refractivity (Wildman–Crippen MR) is 47.6 cm³/mol. The van der Waals surface area contributed by atoms with E-state index in [0.717, 1.165) is 12.8 Å². The van der Waals surface area contributed by atoms with Crippen molar-refractivity contribution in [3.63, 3.8) is 0 Å². The van der Waals surface area contributed by atoms with Gasteiger partial charge in [0.15, 0.2) is 0 Å². The van der Waals surface area contributed by atoms with Crippen LogP contribution >= 0.6 is 0 Å². The van der Waals surface area contributed by atoms with Gasteiger partial charge in [-0.15, -0.1) is 0 Å². The third-order valence-electron chi connectivity index (χ3n) is 2.58. The summed E-state index contributed by atoms with van der Waals surface area (Å²) in [5.41, 5.74) is 8.75. The van der Waals surface area contributed by atoms with Gasteiger partial charge in [-0.05, 0) is 18.3 Å². The summed E-state index contributed by atoms with van der Waals surface area (Å²) in [7, 11) is 0. The molecule has 3 N–H and O–H groups in total. The van der Waals surface area contributed by atoms with Crippen molar-refractivity contribution >= 4 is 0 Å². The summed E-state index contributed by atoms with van der Waals surface area (Å²) in [6.07, 6.45) is 3.98. The lowest BCUT2D eigenvalue weighted by atomic mass is 9.75. The minimum atomic E-state index is 0.169. The van der Waals surface area contributed by atoms with Gasteiger partial charge in [0.05, 0.1) is 6.20 Å². The Bertz CT molecular complexity index is 288. The number of hydrogen-bond acceptors (Lipinski definition) is 2. The van der Waals surface area contributed by atoms with Gasteiger partial charge in [0, 0.05) is 17.3 Å². The average Bonchev–Trinajstić information content (AvgIpc) is 2.31. The summed E-state index contributed by atoms with van der Waals surface area (Å²) in [5.74, 6) is 0. The van der Waals surface area contributed by atoms with Gasteiger partial charge in [-0.25, -0.2) is 0 Å². The highest BCUT2D eigenvalue weighted by molar-refractivity contribution is 5.25. The van der Waals surface area contributed by atoms with E-state index in [4.69, 9.17) is 5.73 Å². The SMILES string of the molecule is CC1(C)Cc2[nH]ncc2C(N)C1. The van der Waals surface area contributed by atoms with E-state index >= 15 is 0 Å². The van der Waals surface area contributed by atoms with E-state index < -0.39 is 0 Å². The second-order valence-electron chi connectivity index (χ2n) is 4.46. The molecule has 0 aliphatic heterocycles. The molecule has 2 rings (SSSR count). The molecule has 3 heteroatoms. The third kappa shape index (κ3) is 1.14. The van der Waals surface area contributed by atoms with Gasteiger partial charge >= 0.3 is 0 Å². The molecule has 0 saturated carbocycles. The summed E-state index contributed by atoms with van der Waals surface area (Å²) in [4.78, 5) is 0. The topological polar surface area (TPSA) is 54.7 Å². The van der Waals surface area contributed by atoms with Crippen molar-refractivity contribution in [3.05, 3.63) is 17.5 Å². The quantitative estimate of drug-likeness (QED) is 0.610. The Kier molecular flexibility index (Phi) is 1.51. The van der Waals surface area contributed by atoms with Crippen LogP contribution in [0, 0.1) is 5.41 Å². The third-order valence-corrected chi connectivity index (χ3v) is 2.58. The summed E-state index contributed by atoms with van der Waals surface area (Å²) >= 11 is 0. The molecule has 12 heavy (non-hydrogen) atoms. The summed E-state index contributed by atoms with van der Waals surface area (Å²) < 4.78 is 0. The molecule has 0 radical (unpaired) electrons. The van der Waals surface area contributed by atoms with Crippen LogP contribution in [0.25, 0.3) is 0 Å². The molecular weight excluding hydrogens is 150 g/mol. The molecule has 0 fully saturated rings. The standard InChI is InChI=1S/C9H15N3/c1-9(2)3-7(10)6-5-11-12-8(6)4-9/h5,7H,3-4,10H2,1-2H3,(H,11,12). The molecular formula is C9H15N3. The zero-order valence-electron chi connectivity index (χ0n) is 7.59. The van der Waals surface area contributed by atoms with Crippen molar-refractivity contribution in [1.29, 1.82) is 0 Å². The Morgan fingerprint density at radius 1 is 1.67 bits per heavy atom. The molecule has 1 heterocycles. The fraction of sp³-hybridized carbons (Fsp3) is 0.667. The van der Waals surface area contributed by atoms with Crippen LogP contribution in [0.5, 0.6) is 0 Å². The first-order valence-electron chi connectivity index (χ1n) is 4.36. The molecule has 0 aromatic carbocycles. The van der Waals surface area contributed by atoms with E-state index in [2.05, 4.69) is 24.0 Å². The Hall–Kier alpha value is -0.830. The molecule has 0 spiro atoms. The number of aromatic amines is 1. The number of hydrogen-bond donors (Lipinski definition) is 2. The highest BCUT2D eigenvalue weighted by atomic mass is 15.1. The Morgan fingerprint density at radius 3 is 3.17 bits per heavy atom.